The van der Waals surface area contributed by atoms with Gasteiger partial charge in [0.05, 0.1) is 22.0 Å². The molecule has 1 amide bonds. The minimum atomic E-state index is -3.68. The Kier molecular flexibility index (Phi) is 5.66. The van der Waals surface area contributed by atoms with E-state index in [1.165, 1.54) is 0 Å². The van der Waals surface area contributed by atoms with Gasteiger partial charge in [-0.2, -0.15) is 5.10 Å². The summed E-state index contributed by atoms with van der Waals surface area (Å²) in [6.45, 7) is 1.50. The number of benzene rings is 1. The molecule has 1 aromatic carbocycles. The van der Waals surface area contributed by atoms with E-state index in [4.69, 9.17) is 16.1 Å². The van der Waals surface area contributed by atoms with Gasteiger partial charge in [-0.05, 0) is 31.2 Å². The van der Waals surface area contributed by atoms with Crippen molar-refractivity contribution in [1.82, 2.24) is 20.1 Å². The lowest BCUT2D eigenvalue weighted by Gasteiger charge is -2.10. The van der Waals surface area contributed by atoms with Crippen molar-refractivity contribution in [3.63, 3.8) is 0 Å². The van der Waals surface area contributed by atoms with Gasteiger partial charge in [0, 0.05) is 24.5 Å². The predicted molar refractivity (Wildman–Crippen MR) is 117 cm³/mol. The summed E-state index contributed by atoms with van der Waals surface area (Å²) in [6.07, 6.45) is 3.27. The third-order valence-corrected chi connectivity index (χ3v) is 6.17. The van der Waals surface area contributed by atoms with E-state index in [9.17, 15) is 13.2 Å². The molecule has 3 heterocycles. The number of nitrogens with zero attached hydrogens (tertiary/aromatic N) is 3. The number of carbonyl (C=O) groups is 1. The fourth-order valence-electron chi connectivity index (χ4n) is 3.08. The molecule has 0 atom stereocenters. The number of carbonyl (C=O) groups excluding carboxylic acids is 1. The molecule has 2 N–H and O–H groups in total. The fraction of sp³-hybridized carbons (Fsp3) is 0.150. The summed E-state index contributed by atoms with van der Waals surface area (Å²) in [5.74, 6) is -0.498. The molecule has 0 spiro atoms. The van der Waals surface area contributed by atoms with Crippen LogP contribution in [0.5, 0.6) is 0 Å². The zero-order chi connectivity index (χ0) is 22.0. The quantitative estimate of drug-likeness (QED) is 0.438. The van der Waals surface area contributed by atoms with Crippen molar-refractivity contribution in [3.8, 4) is 11.3 Å². The van der Waals surface area contributed by atoms with E-state index in [0.717, 1.165) is 5.52 Å². The van der Waals surface area contributed by atoms with Crippen molar-refractivity contribution in [2.24, 2.45) is 0 Å². The highest BCUT2D eigenvalue weighted by Crippen LogP contribution is 2.30. The summed E-state index contributed by atoms with van der Waals surface area (Å²) in [7, 11) is -3.68. The number of aryl methyl sites for hydroxylation is 1. The van der Waals surface area contributed by atoms with E-state index in [0.29, 0.717) is 27.7 Å². The lowest BCUT2D eigenvalue weighted by molar-refractivity contribution is 0.0955. The molecule has 0 saturated heterocycles. The first-order chi connectivity index (χ1) is 14.8. The van der Waals surface area contributed by atoms with Gasteiger partial charge in [-0.15, -0.1) is 0 Å². The molecule has 31 heavy (non-hydrogen) atoms. The number of sulfonamides is 1. The van der Waals surface area contributed by atoms with Crippen LogP contribution >= 0.6 is 11.6 Å². The van der Waals surface area contributed by atoms with E-state index >= 15 is 0 Å². The molecule has 4 rings (SSSR count). The lowest BCUT2D eigenvalue weighted by Crippen LogP contribution is -2.31. The van der Waals surface area contributed by atoms with E-state index < -0.39 is 15.9 Å². The van der Waals surface area contributed by atoms with Gasteiger partial charge in [0.2, 0.25) is 10.0 Å². The molecule has 0 unspecified atom stereocenters. The molecule has 0 aliphatic heterocycles. The minimum Gasteiger partial charge on any atom is -0.360 e. The molecule has 0 fully saturated rings. The summed E-state index contributed by atoms with van der Waals surface area (Å²) in [5, 5.41) is 11.0. The van der Waals surface area contributed by atoms with Crippen molar-refractivity contribution >= 4 is 38.7 Å². The Balaban J connectivity index is 1.42. The maximum Gasteiger partial charge on any atom is 0.257 e. The molecule has 3 aromatic heterocycles. The van der Waals surface area contributed by atoms with Gasteiger partial charge in [-0.1, -0.05) is 35.0 Å². The number of hydrogen-bond donors (Lipinski definition) is 2. The van der Waals surface area contributed by atoms with Gasteiger partial charge in [0.25, 0.3) is 5.91 Å². The van der Waals surface area contributed by atoms with E-state index in [-0.39, 0.29) is 17.9 Å². The minimum absolute atomic E-state index is 0.102. The second-order valence-electron chi connectivity index (χ2n) is 6.74. The van der Waals surface area contributed by atoms with Gasteiger partial charge in [0.15, 0.2) is 0 Å². The van der Waals surface area contributed by atoms with Crippen molar-refractivity contribution < 1.29 is 17.7 Å². The van der Waals surface area contributed by atoms with Crippen LogP contribution in [0.1, 0.15) is 16.1 Å². The van der Waals surface area contributed by atoms with Crippen LogP contribution in [0.15, 0.2) is 59.4 Å². The van der Waals surface area contributed by atoms with Crippen molar-refractivity contribution in [3.05, 3.63) is 71.2 Å². The highest BCUT2D eigenvalue weighted by atomic mass is 35.5. The van der Waals surface area contributed by atoms with Crippen molar-refractivity contribution in [2.75, 3.05) is 17.0 Å². The number of hydrogen-bond acceptors (Lipinski definition) is 6. The summed E-state index contributed by atoms with van der Waals surface area (Å²) in [5.41, 5.74) is 2.23. The van der Waals surface area contributed by atoms with Crippen LogP contribution in [0, 0.1) is 6.92 Å². The average molecular weight is 460 g/mol. The number of halogens is 1. The molecule has 4 aromatic rings. The van der Waals surface area contributed by atoms with Crippen molar-refractivity contribution in [1.29, 1.82) is 0 Å². The monoisotopic (exact) mass is 459 g/mol. The predicted octanol–water partition coefficient (Wildman–Crippen LogP) is 3.12. The highest BCUT2D eigenvalue weighted by Gasteiger charge is 2.23. The third kappa shape index (κ3) is 4.54. The van der Waals surface area contributed by atoms with Crippen molar-refractivity contribution in [2.45, 2.75) is 6.92 Å². The van der Waals surface area contributed by atoms with E-state index in [1.807, 2.05) is 0 Å². The summed E-state index contributed by atoms with van der Waals surface area (Å²) < 4.78 is 34.1. The van der Waals surface area contributed by atoms with E-state index in [2.05, 4.69) is 20.3 Å². The summed E-state index contributed by atoms with van der Waals surface area (Å²) in [6, 6.07) is 12.0. The normalized spacial score (nSPS) is 11.5. The molecule has 0 radical (unpaired) electrons. The van der Waals surface area contributed by atoms with Crippen LogP contribution in [0.25, 0.3) is 16.8 Å². The Morgan fingerprint density at radius 2 is 2.03 bits per heavy atom. The van der Waals surface area contributed by atoms with Gasteiger partial charge in [0.1, 0.15) is 17.0 Å². The summed E-state index contributed by atoms with van der Waals surface area (Å²) >= 11 is 6.21. The summed E-state index contributed by atoms with van der Waals surface area (Å²) in [4.78, 5) is 12.7. The van der Waals surface area contributed by atoms with Crippen LogP contribution in [0.2, 0.25) is 5.02 Å². The first-order valence-corrected chi connectivity index (χ1v) is 11.3. The number of pyridine rings is 1. The Bertz CT molecular complexity index is 1360. The molecule has 0 aliphatic rings. The molecule has 0 bridgehead atoms. The zero-order valence-electron chi connectivity index (χ0n) is 16.4. The lowest BCUT2D eigenvalue weighted by atomic mass is 10.1. The number of fused-ring (bicyclic) bond motifs is 1. The number of nitrogens with one attached hydrogen (secondary N) is 2. The second-order valence-corrected chi connectivity index (χ2v) is 8.98. The van der Waals surface area contributed by atoms with Crippen LogP contribution in [0.3, 0.4) is 0 Å². The largest absolute Gasteiger partial charge is 0.360 e. The van der Waals surface area contributed by atoms with Crippen LogP contribution < -0.4 is 10.0 Å². The molecule has 11 heteroatoms. The Labute approximate surface area is 183 Å². The first-order valence-electron chi connectivity index (χ1n) is 9.27. The van der Waals surface area contributed by atoms with Gasteiger partial charge in [-0.3, -0.25) is 9.52 Å². The van der Waals surface area contributed by atoms with Gasteiger partial charge >= 0.3 is 0 Å². The molecular weight excluding hydrogens is 442 g/mol. The number of rotatable bonds is 7. The SMILES string of the molecule is Cc1onc(-c2ccccc2Cl)c1C(=O)NCCS(=O)(=O)Nc1ccn2nccc2c1. The fourth-order valence-corrected chi connectivity index (χ4v) is 4.26. The number of amides is 1. The third-order valence-electron chi connectivity index (χ3n) is 4.55. The molecule has 160 valence electrons. The zero-order valence-corrected chi connectivity index (χ0v) is 17.9. The molecule has 0 aliphatic carbocycles. The van der Waals surface area contributed by atoms with Gasteiger partial charge < -0.3 is 9.84 Å². The standard InChI is InChI=1S/C20H18ClN5O4S/c1-13-18(19(24-30-13)16-4-2-3-5-17(16)21)20(27)22-9-11-31(28,29)25-14-7-10-26-15(12-14)6-8-23-26/h2-8,10,12,25H,9,11H2,1H3,(H,22,27). The Morgan fingerprint density at radius 3 is 2.84 bits per heavy atom. The maximum absolute atomic E-state index is 12.7. The molecule has 9 nitrogen and oxygen atoms in total. The highest BCUT2D eigenvalue weighted by molar-refractivity contribution is 7.92. The van der Waals surface area contributed by atoms with Crippen LogP contribution in [-0.2, 0) is 10.0 Å². The maximum atomic E-state index is 12.7. The topological polar surface area (TPSA) is 119 Å². The average Bonchev–Trinajstić information content (AvgIpc) is 3.33. The Morgan fingerprint density at radius 1 is 1.23 bits per heavy atom. The smallest absolute Gasteiger partial charge is 0.257 e. The van der Waals surface area contributed by atoms with Gasteiger partial charge in [-0.25, -0.2) is 12.9 Å². The van der Waals surface area contributed by atoms with Crippen LogP contribution in [-0.4, -0.2) is 41.4 Å². The molecule has 0 saturated carbocycles. The molecular formula is C20H18ClN5O4S. The second kappa shape index (κ2) is 8.40. The Hall–Kier alpha value is -3.37. The first kappa shape index (κ1) is 20.9. The van der Waals surface area contributed by atoms with E-state index in [1.54, 1.807) is 66.3 Å². The van der Waals surface area contributed by atoms with Crippen LogP contribution in [0.4, 0.5) is 5.69 Å². The number of aromatic nitrogens is 3. The number of anilines is 1.